The fraction of sp³-hybridized carbons (Fsp3) is 0.211. The number of thiophene rings is 1. The molecule has 0 atom stereocenters. The molecule has 0 saturated heterocycles. The Kier molecular flexibility index (Phi) is 3.31. The first-order chi connectivity index (χ1) is 12.3. The van der Waals surface area contributed by atoms with Crippen molar-refractivity contribution in [2.45, 2.75) is 25.8 Å². The van der Waals surface area contributed by atoms with Crippen LogP contribution in [0.15, 0.2) is 52.0 Å². The standard InChI is InChI=1S/C19H15N3O2S/c23-19-17-14-7-4-8-16(14)25-18(17)20-11-22(19)10-13-9-15(24-21-13)12-5-2-1-3-6-12/h1-3,5-6,9,11H,4,7-8,10H2. The van der Waals surface area contributed by atoms with Crippen molar-refractivity contribution in [1.29, 1.82) is 0 Å². The third kappa shape index (κ3) is 2.41. The van der Waals surface area contributed by atoms with E-state index in [9.17, 15) is 4.79 Å². The van der Waals surface area contributed by atoms with Crippen LogP contribution in [0.1, 0.15) is 22.6 Å². The average molecular weight is 349 g/mol. The number of hydrogen-bond donors (Lipinski definition) is 0. The smallest absolute Gasteiger partial charge is 0.262 e. The van der Waals surface area contributed by atoms with Gasteiger partial charge in [0, 0.05) is 16.5 Å². The summed E-state index contributed by atoms with van der Waals surface area (Å²) in [6.07, 6.45) is 4.81. The summed E-state index contributed by atoms with van der Waals surface area (Å²) in [6, 6.07) is 11.7. The predicted molar refractivity (Wildman–Crippen MR) is 96.9 cm³/mol. The second-order valence-electron chi connectivity index (χ2n) is 6.26. The van der Waals surface area contributed by atoms with Crippen molar-refractivity contribution in [3.05, 3.63) is 69.2 Å². The minimum Gasteiger partial charge on any atom is -0.356 e. The normalized spacial score (nSPS) is 13.4. The highest BCUT2D eigenvalue weighted by Crippen LogP contribution is 2.34. The monoisotopic (exact) mass is 349 g/mol. The summed E-state index contributed by atoms with van der Waals surface area (Å²) in [6.45, 7) is 0.364. The van der Waals surface area contributed by atoms with E-state index in [1.165, 1.54) is 10.4 Å². The maximum atomic E-state index is 12.9. The molecule has 3 aromatic heterocycles. The average Bonchev–Trinajstić information content (AvgIpc) is 3.34. The van der Waals surface area contributed by atoms with Crippen LogP contribution in [-0.4, -0.2) is 14.7 Å². The van der Waals surface area contributed by atoms with Gasteiger partial charge in [-0.05, 0) is 24.8 Å². The Balaban J connectivity index is 1.52. The molecule has 124 valence electrons. The molecule has 6 heteroatoms. The maximum Gasteiger partial charge on any atom is 0.262 e. The molecule has 0 fully saturated rings. The van der Waals surface area contributed by atoms with Crippen LogP contribution in [0.2, 0.25) is 0 Å². The third-order valence-corrected chi connectivity index (χ3v) is 5.84. The first-order valence-electron chi connectivity index (χ1n) is 8.30. The van der Waals surface area contributed by atoms with Crippen LogP contribution in [0, 0.1) is 0 Å². The van der Waals surface area contributed by atoms with E-state index in [4.69, 9.17) is 4.52 Å². The highest BCUT2D eigenvalue weighted by molar-refractivity contribution is 7.18. The lowest BCUT2D eigenvalue weighted by molar-refractivity contribution is 0.420. The summed E-state index contributed by atoms with van der Waals surface area (Å²) in [5.74, 6) is 0.703. The van der Waals surface area contributed by atoms with Gasteiger partial charge in [0.1, 0.15) is 10.5 Å². The molecule has 25 heavy (non-hydrogen) atoms. The largest absolute Gasteiger partial charge is 0.356 e. The van der Waals surface area contributed by atoms with Gasteiger partial charge in [-0.25, -0.2) is 4.98 Å². The molecule has 0 saturated carbocycles. The van der Waals surface area contributed by atoms with Gasteiger partial charge in [-0.3, -0.25) is 9.36 Å². The van der Waals surface area contributed by atoms with E-state index >= 15 is 0 Å². The quantitative estimate of drug-likeness (QED) is 0.566. The van der Waals surface area contributed by atoms with Crippen molar-refractivity contribution >= 4 is 21.6 Å². The molecule has 0 unspecified atom stereocenters. The molecule has 0 spiro atoms. The Morgan fingerprint density at radius 2 is 2.08 bits per heavy atom. The zero-order valence-corrected chi connectivity index (χ0v) is 14.3. The van der Waals surface area contributed by atoms with Crippen molar-refractivity contribution in [2.75, 3.05) is 0 Å². The van der Waals surface area contributed by atoms with Crippen LogP contribution >= 0.6 is 11.3 Å². The molecule has 0 bridgehead atoms. The summed E-state index contributed by atoms with van der Waals surface area (Å²) < 4.78 is 7.05. The fourth-order valence-corrected chi connectivity index (χ4v) is 4.65. The fourth-order valence-electron chi connectivity index (χ4n) is 3.43. The number of aryl methyl sites for hydroxylation is 2. The number of benzene rings is 1. The molecular weight excluding hydrogens is 334 g/mol. The number of fused-ring (bicyclic) bond motifs is 3. The highest BCUT2D eigenvalue weighted by atomic mass is 32.1. The van der Waals surface area contributed by atoms with Crippen molar-refractivity contribution < 1.29 is 4.52 Å². The topological polar surface area (TPSA) is 60.9 Å². The summed E-state index contributed by atoms with van der Waals surface area (Å²) in [5.41, 5.74) is 2.91. The van der Waals surface area contributed by atoms with Crippen LogP contribution in [0.4, 0.5) is 0 Å². The van der Waals surface area contributed by atoms with Gasteiger partial charge in [0.25, 0.3) is 5.56 Å². The summed E-state index contributed by atoms with van der Waals surface area (Å²) in [7, 11) is 0. The molecule has 0 N–H and O–H groups in total. The van der Waals surface area contributed by atoms with Crippen molar-refractivity contribution in [3.8, 4) is 11.3 Å². The second-order valence-corrected chi connectivity index (χ2v) is 7.35. The van der Waals surface area contributed by atoms with E-state index in [0.717, 1.165) is 35.0 Å². The Morgan fingerprint density at radius 3 is 2.96 bits per heavy atom. The Labute approximate surface area is 147 Å². The van der Waals surface area contributed by atoms with E-state index in [1.807, 2.05) is 36.4 Å². The summed E-state index contributed by atoms with van der Waals surface area (Å²) >= 11 is 1.66. The van der Waals surface area contributed by atoms with E-state index in [0.29, 0.717) is 18.0 Å². The number of nitrogens with zero attached hydrogens (tertiary/aromatic N) is 3. The zero-order valence-electron chi connectivity index (χ0n) is 13.4. The molecule has 0 radical (unpaired) electrons. The lowest BCUT2D eigenvalue weighted by atomic mass is 10.1. The van der Waals surface area contributed by atoms with Crippen LogP contribution in [0.5, 0.6) is 0 Å². The van der Waals surface area contributed by atoms with Gasteiger partial charge in [-0.2, -0.15) is 0 Å². The van der Waals surface area contributed by atoms with Gasteiger partial charge in [-0.15, -0.1) is 11.3 Å². The molecule has 5 rings (SSSR count). The van der Waals surface area contributed by atoms with Gasteiger partial charge in [-0.1, -0.05) is 35.5 Å². The maximum absolute atomic E-state index is 12.9. The number of hydrogen-bond acceptors (Lipinski definition) is 5. The minimum atomic E-state index is 0.0219. The van der Waals surface area contributed by atoms with Crippen LogP contribution in [0.25, 0.3) is 21.5 Å². The second kappa shape index (κ2) is 5.67. The zero-order chi connectivity index (χ0) is 16.8. The molecular formula is C19H15N3O2S. The number of rotatable bonds is 3. The van der Waals surface area contributed by atoms with E-state index in [-0.39, 0.29) is 5.56 Å². The summed E-state index contributed by atoms with van der Waals surface area (Å²) in [5, 5.41) is 4.91. The molecule has 1 aliphatic rings. The van der Waals surface area contributed by atoms with Gasteiger partial charge < -0.3 is 4.52 Å². The van der Waals surface area contributed by atoms with Crippen LogP contribution in [-0.2, 0) is 19.4 Å². The van der Waals surface area contributed by atoms with Crippen LogP contribution in [0.3, 0.4) is 0 Å². The molecule has 1 aromatic carbocycles. The van der Waals surface area contributed by atoms with Gasteiger partial charge in [0.2, 0.25) is 0 Å². The lowest BCUT2D eigenvalue weighted by Crippen LogP contribution is -2.21. The van der Waals surface area contributed by atoms with Gasteiger partial charge in [0.05, 0.1) is 18.3 Å². The van der Waals surface area contributed by atoms with E-state index in [2.05, 4.69) is 10.1 Å². The SMILES string of the molecule is O=c1c2c3c(sc2ncn1Cc1cc(-c2ccccc2)on1)CCC3. The van der Waals surface area contributed by atoms with Gasteiger partial charge in [0.15, 0.2) is 5.76 Å². The van der Waals surface area contributed by atoms with Crippen molar-refractivity contribution in [1.82, 2.24) is 14.7 Å². The molecule has 3 heterocycles. The Hall–Kier alpha value is -2.73. The summed E-state index contributed by atoms with van der Waals surface area (Å²) in [4.78, 5) is 19.6. The molecule has 1 aliphatic carbocycles. The van der Waals surface area contributed by atoms with Crippen molar-refractivity contribution in [3.63, 3.8) is 0 Å². The predicted octanol–water partition coefficient (Wildman–Crippen LogP) is 3.65. The first-order valence-corrected chi connectivity index (χ1v) is 9.12. The molecule has 0 aliphatic heterocycles. The highest BCUT2D eigenvalue weighted by Gasteiger charge is 2.21. The Morgan fingerprint density at radius 1 is 1.20 bits per heavy atom. The lowest BCUT2D eigenvalue weighted by Gasteiger charge is -2.02. The third-order valence-electron chi connectivity index (χ3n) is 4.64. The Bertz CT molecular complexity index is 1120. The van der Waals surface area contributed by atoms with E-state index in [1.54, 1.807) is 22.2 Å². The van der Waals surface area contributed by atoms with Crippen molar-refractivity contribution in [2.24, 2.45) is 0 Å². The minimum absolute atomic E-state index is 0.0219. The molecule has 4 aromatic rings. The molecule has 5 nitrogen and oxygen atoms in total. The molecule has 0 amide bonds. The van der Waals surface area contributed by atoms with Gasteiger partial charge >= 0.3 is 0 Å². The van der Waals surface area contributed by atoms with E-state index < -0.39 is 0 Å². The number of aromatic nitrogens is 3. The first kappa shape index (κ1) is 14.6. The van der Waals surface area contributed by atoms with Crippen LogP contribution < -0.4 is 5.56 Å².